The van der Waals surface area contributed by atoms with Gasteiger partial charge in [-0.2, -0.15) is 0 Å². The van der Waals surface area contributed by atoms with Crippen LogP contribution in [0.2, 0.25) is 0 Å². The van der Waals surface area contributed by atoms with E-state index in [1.54, 1.807) is 0 Å². The molecule has 16 heavy (non-hydrogen) atoms. The van der Waals surface area contributed by atoms with Crippen molar-refractivity contribution in [3.63, 3.8) is 0 Å². The first kappa shape index (κ1) is 11.9. The van der Waals surface area contributed by atoms with Crippen molar-refractivity contribution < 1.29 is 4.79 Å². The van der Waals surface area contributed by atoms with Crippen LogP contribution in [0.15, 0.2) is 0 Å². The van der Waals surface area contributed by atoms with Crippen LogP contribution in [0.25, 0.3) is 0 Å². The average Bonchev–Trinajstić information content (AvgIpc) is 2.67. The number of likely N-dealkylation sites (tertiary alicyclic amines) is 1. The molecule has 0 aromatic carbocycles. The number of amides is 1. The Hall–Kier alpha value is -0.570. The van der Waals surface area contributed by atoms with Gasteiger partial charge in [0.1, 0.15) is 0 Å². The smallest absolute Gasteiger partial charge is 0.227 e. The van der Waals surface area contributed by atoms with Crippen molar-refractivity contribution in [2.45, 2.75) is 39.7 Å². The number of nitrogens with zero attached hydrogens (tertiary/aromatic N) is 1. The lowest BCUT2D eigenvalue weighted by atomic mass is 9.91. The third-order valence-electron chi connectivity index (χ3n) is 4.24. The van der Waals surface area contributed by atoms with Crippen LogP contribution in [0.1, 0.15) is 33.6 Å². The van der Waals surface area contributed by atoms with Gasteiger partial charge in [0.2, 0.25) is 5.91 Å². The third kappa shape index (κ3) is 2.24. The highest BCUT2D eigenvalue weighted by atomic mass is 16.2. The molecule has 0 bridgehead atoms. The second kappa shape index (κ2) is 4.74. The maximum Gasteiger partial charge on any atom is 0.227 e. The van der Waals surface area contributed by atoms with E-state index in [2.05, 4.69) is 31.0 Å². The number of carbonyl (C=O) groups is 1. The van der Waals surface area contributed by atoms with Crippen LogP contribution < -0.4 is 5.32 Å². The van der Waals surface area contributed by atoms with Gasteiger partial charge in [-0.25, -0.2) is 0 Å². The van der Waals surface area contributed by atoms with Crippen LogP contribution >= 0.6 is 0 Å². The van der Waals surface area contributed by atoms with Gasteiger partial charge in [0, 0.05) is 19.1 Å². The fourth-order valence-corrected chi connectivity index (χ4v) is 2.95. The summed E-state index contributed by atoms with van der Waals surface area (Å²) in [7, 11) is 0. The molecule has 0 radical (unpaired) electrons. The van der Waals surface area contributed by atoms with E-state index in [9.17, 15) is 4.79 Å². The fourth-order valence-electron chi connectivity index (χ4n) is 2.95. The summed E-state index contributed by atoms with van der Waals surface area (Å²) in [6.45, 7) is 9.45. The molecule has 2 fully saturated rings. The van der Waals surface area contributed by atoms with Gasteiger partial charge in [-0.3, -0.25) is 4.79 Å². The molecule has 2 saturated heterocycles. The number of rotatable bonds is 1. The molecule has 0 saturated carbocycles. The molecule has 2 heterocycles. The lowest BCUT2D eigenvalue weighted by Crippen LogP contribution is -2.48. The normalized spacial score (nSPS) is 40.1. The number of nitrogens with one attached hydrogen (secondary N) is 1. The molecular weight excluding hydrogens is 200 g/mol. The Bertz CT molecular complexity index is 267. The molecular formula is C13H24N2O. The maximum atomic E-state index is 12.5. The maximum absolute atomic E-state index is 12.5. The molecule has 1 amide bonds. The highest BCUT2D eigenvalue weighted by molar-refractivity contribution is 5.80. The van der Waals surface area contributed by atoms with Gasteiger partial charge in [0.25, 0.3) is 0 Å². The van der Waals surface area contributed by atoms with Crippen molar-refractivity contribution in [1.29, 1.82) is 0 Å². The first-order chi connectivity index (χ1) is 7.59. The summed E-state index contributed by atoms with van der Waals surface area (Å²) in [5.74, 6) is 1.77. The lowest BCUT2D eigenvalue weighted by Gasteiger charge is -2.38. The Labute approximate surface area is 98.6 Å². The van der Waals surface area contributed by atoms with E-state index < -0.39 is 0 Å². The molecule has 0 spiro atoms. The van der Waals surface area contributed by atoms with Crippen molar-refractivity contribution >= 4 is 5.91 Å². The Morgan fingerprint density at radius 2 is 1.94 bits per heavy atom. The molecule has 2 aliphatic heterocycles. The SMILES string of the molecule is CC1CCC(C)N(C(=O)[C@@H]2CNC[C@H]2C)C1. The number of piperidine rings is 1. The van der Waals surface area contributed by atoms with Crippen molar-refractivity contribution in [1.82, 2.24) is 10.2 Å². The summed E-state index contributed by atoms with van der Waals surface area (Å²) in [6.07, 6.45) is 2.44. The Morgan fingerprint density at radius 1 is 1.19 bits per heavy atom. The largest absolute Gasteiger partial charge is 0.339 e. The Morgan fingerprint density at radius 3 is 2.56 bits per heavy atom. The summed E-state index contributed by atoms with van der Waals surface area (Å²) in [4.78, 5) is 14.6. The Kier molecular flexibility index (Phi) is 3.53. The quantitative estimate of drug-likeness (QED) is 0.732. The molecule has 2 rings (SSSR count). The molecule has 2 unspecified atom stereocenters. The Balaban J connectivity index is 2.02. The number of hydrogen-bond donors (Lipinski definition) is 1. The molecule has 3 nitrogen and oxygen atoms in total. The van der Waals surface area contributed by atoms with Crippen molar-refractivity contribution in [2.24, 2.45) is 17.8 Å². The first-order valence-corrected chi connectivity index (χ1v) is 6.60. The molecule has 0 aromatic heterocycles. The van der Waals surface area contributed by atoms with E-state index in [4.69, 9.17) is 0 Å². The van der Waals surface area contributed by atoms with Crippen LogP contribution in [0.4, 0.5) is 0 Å². The molecule has 4 atom stereocenters. The first-order valence-electron chi connectivity index (χ1n) is 6.60. The standard InChI is InChI=1S/C13H24N2O/c1-9-4-5-11(3)15(8-9)13(16)12-7-14-6-10(12)2/h9-12,14H,4-8H2,1-3H3/t9?,10-,11?,12-/m1/s1. The summed E-state index contributed by atoms with van der Waals surface area (Å²) < 4.78 is 0. The van der Waals surface area contributed by atoms with Gasteiger partial charge in [-0.15, -0.1) is 0 Å². The van der Waals surface area contributed by atoms with E-state index in [0.717, 1.165) is 19.6 Å². The van der Waals surface area contributed by atoms with E-state index >= 15 is 0 Å². The number of carbonyl (C=O) groups excluding carboxylic acids is 1. The molecule has 0 aromatic rings. The van der Waals surface area contributed by atoms with Gasteiger partial charge < -0.3 is 10.2 Å². The molecule has 0 aliphatic carbocycles. The molecule has 92 valence electrons. The van der Waals surface area contributed by atoms with Crippen LogP contribution in [-0.2, 0) is 4.79 Å². The van der Waals surface area contributed by atoms with Crippen molar-refractivity contribution in [3.05, 3.63) is 0 Å². The van der Waals surface area contributed by atoms with Crippen molar-refractivity contribution in [3.8, 4) is 0 Å². The van der Waals surface area contributed by atoms with Gasteiger partial charge in [-0.05, 0) is 38.1 Å². The highest BCUT2D eigenvalue weighted by Gasteiger charge is 2.36. The van der Waals surface area contributed by atoms with Crippen LogP contribution in [-0.4, -0.2) is 36.5 Å². The molecule has 3 heteroatoms. The van der Waals surface area contributed by atoms with Gasteiger partial charge in [0.15, 0.2) is 0 Å². The summed E-state index contributed by atoms with van der Waals surface area (Å²) in [5.41, 5.74) is 0. The second-order valence-corrected chi connectivity index (χ2v) is 5.76. The highest BCUT2D eigenvalue weighted by Crippen LogP contribution is 2.26. The zero-order chi connectivity index (χ0) is 11.7. The van der Waals surface area contributed by atoms with E-state index in [-0.39, 0.29) is 5.92 Å². The molecule has 1 N–H and O–H groups in total. The van der Waals surface area contributed by atoms with Gasteiger partial charge >= 0.3 is 0 Å². The van der Waals surface area contributed by atoms with Crippen LogP contribution in [0, 0.1) is 17.8 Å². The number of hydrogen-bond acceptors (Lipinski definition) is 2. The van der Waals surface area contributed by atoms with Crippen LogP contribution in [0.5, 0.6) is 0 Å². The van der Waals surface area contributed by atoms with Gasteiger partial charge in [0.05, 0.1) is 5.92 Å². The molecule has 2 aliphatic rings. The van der Waals surface area contributed by atoms with Gasteiger partial charge in [-0.1, -0.05) is 13.8 Å². The van der Waals surface area contributed by atoms with Crippen LogP contribution in [0.3, 0.4) is 0 Å². The minimum Gasteiger partial charge on any atom is -0.339 e. The average molecular weight is 224 g/mol. The summed E-state index contributed by atoms with van der Waals surface area (Å²) >= 11 is 0. The fraction of sp³-hybridized carbons (Fsp3) is 0.923. The minimum absolute atomic E-state index is 0.216. The van der Waals surface area contributed by atoms with E-state index in [1.165, 1.54) is 12.8 Å². The zero-order valence-corrected chi connectivity index (χ0v) is 10.7. The summed E-state index contributed by atoms with van der Waals surface area (Å²) in [5, 5.41) is 3.32. The lowest BCUT2D eigenvalue weighted by molar-refractivity contribution is -0.140. The monoisotopic (exact) mass is 224 g/mol. The van der Waals surface area contributed by atoms with E-state index in [1.807, 2.05) is 0 Å². The minimum atomic E-state index is 0.216. The van der Waals surface area contributed by atoms with Crippen molar-refractivity contribution in [2.75, 3.05) is 19.6 Å². The second-order valence-electron chi connectivity index (χ2n) is 5.76. The summed E-state index contributed by atoms with van der Waals surface area (Å²) in [6, 6.07) is 0.441. The topological polar surface area (TPSA) is 32.3 Å². The third-order valence-corrected chi connectivity index (χ3v) is 4.24. The zero-order valence-electron chi connectivity index (χ0n) is 10.7. The predicted octanol–water partition coefficient (Wildman–Crippen LogP) is 1.49. The van der Waals surface area contributed by atoms with E-state index in [0.29, 0.717) is 23.8 Å². The predicted molar refractivity (Wildman–Crippen MR) is 65.1 cm³/mol.